The van der Waals surface area contributed by atoms with Gasteiger partial charge in [0, 0.05) is 25.7 Å². The van der Waals surface area contributed by atoms with Gasteiger partial charge in [-0.2, -0.15) is 4.31 Å². The first-order chi connectivity index (χ1) is 13.4. The number of hydrogen-bond donors (Lipinski definition) is 1. The molecular formula is C21H30N2O4S. The Morgan fingerprint density at radius 2 is 1.75 bits per heavy atom. The highest BCUT2D eigenvalue weighted by Gasteiger charge is 2.30. The molecule has 1 saturated heterocycles. The van der Waals surface area contributed by atoms with Crippen molar-refractivity contribution in [3.8, 4) is 0 Å². The Balaban J connectivity index is 1.79. The van der Waals surface area contributed by atoms with Gasteiger partial charge in [-0.3, -0.25) is 4.90 Å². The summed E-state index contributed by atoms with van der Waals surface area (Å²) in [7, 11) is -3.56. The molecule has 1 aromatic heterocycles. The summed E-state index contributed by atoms with van der Waals surface area (Å²) in [6.45, 7) is 6.38. The summed E-state index contributed by atoms with van der Waals surface area (Å²) >= 11 is 0. The Labute approximate surface area is 167 Å². The lowest BCUT2D eigenvalue weighted by Crippen LogP contribution is -2.40. The number of hydrogen-bond acceptors (Lipinski definition) is 5. The fourth-order valence-corrected chi connectivity index (χ4v) is 5.14. The zero-order chi connectivity index (χ0) is 20.1. The molecule has 154 valence electrons. The van der Waals surface area contributed by atoms with Gasteiger partial charge in [0.05, 0.1) is 13.2 Å². The van der Waals surface area contributed by atoms with E-state index in [1.807, 2.05) is 30.3 Å². The van der Waals surface area contributed by atoms with Gasteiger partial charge in [-0.1, -0.05) is 44.2 Å². The van der Waals surface area contributed by atoms with Crippen LogP contribution in [-0.2, 0) is 23.1 Å². The van der Waals surface area contributed by atoms with Gasteiger partial charge in [-0.15, -0.1) is 0 Å². The van der Waals surface area contributed by atoms with Crippen molar-refractivity contribution in [3.63, 3.8) is 0 Å². The first kappa shape index (κ1) is 21.0. The topological polar surface area (TPSA) is 74.0 Å². The van der Waals surface area contributed by atoms with Crippen molar-refractivity contribution in [1.29, 1.82) is 0 Å². The number of sulfonamides is 1. The fourth-order valence-electron chi connectivity index (χ4n) is 3.69. The van der Waals surface area contributed by atoms with Crippen LogP contribution in [0.4, 0.5) is 0 Å². The molecule has 0 spiro atoms. The third-order valence-corrected chi connectivity index (χ3v) is 7.08. The lowest BCUT2D eigenvalue weighted by atomic mass is 10.0. The molecule has 0 amide bonds. The summed E-state index contributed by atoms with van der Waals surface area (Å²) in [6, 6.07) is 13.3. The van der Waals surface area contributed by atoms with Gasteiger partial charge in [0.2, 0.25) is 5.09 Å². The number of benzene rings is 1. The van der Waals surface area contributed by atoms with E-state index < -0.39 is 10.0 Å². The Bertz CT molecular complexity index is 842. The van der Waals surface area contributed by atoms with Gasteiger partial charge in [-0.25, -0.2) is 8.42 Å². The molecule has 2 aromatic rings. The van der Waals surface area contributed by atoms with Crippen LogP contribution in [0.1, 0.15) is 38.0 Å². The molecule has 1 aliphatic rings. The van der Waals surface area contributed by atoms with Gasteiger partial charge in [-0.05, 0) is 36.5 Å². The molecule has 6 nitrogen and oxygen atoms in total. The van der Waals surface area contributed by atoms with E-state index in [0.717, 1.165) is 18.4 Å². The van der Waals surface area contributed by atoms with Crippen LogP contribution in [0.3, 0.4) is 0 Å². The number of rotatable bonds is 9. The second kappa shape index (κ2) is 9.22. The Morgan fingerprint density at radius 3 is 2.36 bits per heavy atom. The Kier molecular flexibility index (Phi) is 6.93. The largest absolute Gasteiger partial charge is 0.447 e. The highest BCUT2D eigenvalue weighted by Crippen LogP contribution is 2.25. The zero-order valence-corrected chi connectivity index (χ0v) is 17.4. The summed E-state index contributed by atoms with van der Waals surface area (Å²) in [6.07, 6.45) is 1.79. The van der Waals surface area contributed by atoms with Crippen LogP contribution in [0.25, 0.3) is 0 Å². The van der Waals surface area contributed by atoms with E-state index in [2.05, 4.69) is 18.7 Å². The van der Waals surface area contributed by atoms with Crippen molar-refractivity contribution in [2.45, 2.75) is 50.9 Å². The molecule has 1 fully saturated rings. The van der Waals surface area contributed by atoms with Crippen molar-refractivity contribution in [2.24, 2.45) is 5.92 Å². The number of nitrogens with zero attached hydrogens (tertiary/aromatic N) is 2. The van der Waals surface area contributed by atoms with Gasteiger partial charge >= 0.3 is 0 Å². The summed E-state index contributed by atoms with van der Waals surface area (Å²) in [5.41, 5.74) is 1.14. The molecule has 0 bridgehead atoms. The second-order valence-corrected chi connectivity index (χ2v) is 9.59. The fraction of sp³-hybridized carbons (Fsp3) is 0.524. The minimum absolute atomic E-state index is 0.00848. The summed E-state index contributed by atoms with van der Waals surface area (Å²) in [5, 5.41) is 9.93. The molecule has 0 aliphatic carbocycles. The number of furan rings is 1. The van der Waals surface area contributed by atoms with Gasteiger partial charge in [0.1, 0.15) is 5.76 Å². The van der Waals surface area contributed by atoms with Crippen molar-refractivity contribution >= 4 is 10.0 Å². The van der Waals surface area contributed by atoms with Crippen LogP contribution < -0.4 is 0 Å². The number of aliphatic hydroxyl groups is 1. The highest BCUT2D eigenvalue weighted by atomic mass is 32.2. The van der Waals surface area contributed by atoms with Crippen molar-refractivity contribution in [2.75, 3.05) is 19.7 Å². The third kappa shape index (κ3) is 4.84. The van der Waals surface area contributed by atoms with Gasteiger partial charge in [0.25, 0.3) is 10.0 Å². The van der Waals surface area contributed by atoms with Crippen LogP contribution in [0.2, 0.25) is 0 Å². The minimum atomic E-state index is -3.56. The molecule has 2 heterocycles. The first-order valence-corrected chi connectivity index (χ1v) is 11.3. The molecule has 28 heavy (non-hydrogen) atoms. The molecule has 1 aliphatic heterocycles. The van der Waals surface area contributed by atoms with E-state index in [9.17, 15) is 13.5 Å². The van der Waals surface area contributed by atoms with Crippen molar-refractivity contribution < 1.29 is 17.9 Å². The smallest absolute Gasteiger partial charge is 0.276 e. The maximum Gasteiger partial charge on any atom is 0.276 e. The zero-order valence-electron chi connectivity index (χ0n) is 16.6. The Morgan fingerprint density at radius 1 is 1.07 bits per heavy atom. The minimum Gasteiger partial charge on any atom is -0.447 e. The summed E-state index contributed by atoms with van der Waals surface area (Å²) < 4.78 is 32.6. The normalized spacial score (nSPS) is 16.9. The highest BCUT2D eigenvalue weighted by molar-refractivity contribution is 7.89. The molecule has 0 radical (unpaired) electrons. The van der Waals surface area contributed by atoms with E-state index in [-0.39, 0.29) is 23.7 Å². The second-order valence-electron chi connectivity index (χ2n) is 7.72. The monoisotopic (exact) mass is 406 g/mol. The van der Waals surface area contributed by atoms with E-state index in [0.29, 0.717) is 31.9 Å². The number of aliphatic hydroxyl groups excluding tert-OH is 1. The predicted molar refractivity (Wildman–Crippen MR) is 108 cm³/mol. The average Bonchev–Trinajstić information content (AvgIpc) is 3.35. The standard InChI is InChI=1S/C21H30N2O4S/c1-17(2)20(16-24)22(14-18-8-4-3-5-9-18)15-19-10-11-21(27-19)28(25,26)23-12-6-7-13-23/h3-5,8-11,17,20,24H,6-7,12-16H2,1-2H3. The lowest BCUT2D eigenvalue weighted by Gasteiger charge is -2.32. The average molecular weight is 407 g/mol. The van der Waals surface area contributed by atoms with Crippen LogP contribution in [-0.4, -0.2) is 48.5 Å². The molecule has 7 heteroatoms. The molecular weight excluding hydrogens is 376 g/mol. The maximum absolute atomic E-state index is 12.7. The van der Waals surface area contributed by atoms with Gasteiger partial charge < -0.3 is 9.52 Å². The van der Waals surface area contributed by atoms with Crippen LogP contribution in [0.15, 0.2) is 52.0 Å². The predicted octanol–water partition coefficient (Wildman–Crippen LogP) is 3.08. The van der Waals surface area contributed by atoms with E-state index in [1.54, 1.807) is 12.1 Å². The van der Waals surface area contributed by atoms with Crippen molar-refractivity contribution in [3.05, 3.63) is 53.8 Å². The SMILES string of the molecule is CC(C)C(CO)N(Cc1ccccc1)Cc1ccc(S(=O)(=O)N2CCCC2)o1. The van der Waals surface area contributed by atoms with Crippen LogP contribution in [0, 0.1) is 5.92 Å². The third-order valence-electron chi connectivity index (χ3n) is 5.31. The van der Waals surface area contributed by atoms with Crippen molar-refractivity contribution in [1.82, 2.24) is 9.21 Å². The molecule has 1 atom stereocenters. The van der Waals surface area contributed by atoms with E-state index in [1.165, 1.54) is 4.31 Å². The van der Waals surface area contributed by atoms with Crippen LogP contribution >= 0.6 is 0 Å². The quantitative estimate of drug-likeness (QED) is 0.693. The maximum atomic E-state index is 12.7. The molecule has 1 aromatic carbocycles. The lowest BCUT2D eigenvalue weighted by molar-refractivity contribution is 0.0717. The molecule has 0 saturated carbocycles. The van der Waals surface area contributed by atoms with Gasteiger partial charge in [0.15, 0.2) is 0 Å². The molecule has 1 unspecified atom stereocenters. The molecule has 3 rings (SSSR count). The van der Waals surface area contributed by atoms with E-state index >= 15 is 0 Å². The summed E-state index contributed by atoms with van der Waals surface area (Å²) in [5.74, 6) is 0.837. The van der Waals surface area contributed by atoms with Crippen LogP contribution in [0.5, 0.6) is 0 Å². The van der Waals surface area contributed by atoms with E-state index in [4.69, 9.17) is 4.42 Å². The Hall–Kier alpha value is -1.67. The summed E-state index contributed by atoms with van der Waals surface area (Å²) in [4.78, 5) is 2.14. The first-order valence-electron chi connectivity index (χ1n) is 9.89. The molecule has 1 N–H and O–H groups in total.